The van der Waals surface area contributed by atoms with Crippen LogP contribution in [-0.2, 0) is 19.1 Å². The Morgan fingerprint density at radius 2 is 1.95 bits per heavy atom. The first-order chi connectivity index (χ1) is 9.55. The molecule has 2 amide bonds. The summed E-state index contributed by atoms with van der Waals surface area (Å²) >= 11 is 0. The number of amides is 2. The number of carbonyl (C=O) groups excluding carboxylic acids is 3. The topological polar surface area (TPSA) is 75.7 Å². The van der Waals surface area contributed by atoms with Gasteiger partial charge in [-0.3, -0.25) is 14.5 Å². The highest BCUT2D eigenvalue weighted by Gasteiger charge is 2.62. The van der Waals surface area contributed by atoms with Crippen LogP contribution in [0.2, 0.25) is 0 Å². The van der Waals surface area contributed by atoms with E-state index in [1.807, 2.05) is 0 Å². The van der Waals surface area contributed by atoms with Crippen molar-refractivity contribution < 1.29 is 19.1 Å². The van der Waals surface area contributed by atoms with E-state index in [1.165, 1.54) is 4.90 Å². The zero-order chi connectivity index (χ0) is 14.5. The molecule has 1 saturated heterocycles. The molecule has 1 N–H and O–H groups in total. The fourth-order valence-electron chi connectivity index (χ4n) is 3.24. The lowest BCUT2D eigenvalue weighted by molar-refractivity contribution is -0.155. The van der Waals surface area contributed by atoms with Crippen molar-refractivity contribution in [3.05, 3.63) is 0 Å². The number of likely N-dealkylation sites (tertiary alicyclic amines) is 1. The Labute approximate surface area is 117 Å². The summed E-state index contributed by atoms with van der Waals surface area (Å²) in [5, 5.41) is 3.04. The molecule has 3 fully saturated rings. The number of ether oxygens (including phenoxy) is 1. The third-order valence-corrected chi connectivity index (χ3v) is 4.72. The van der Waals surface area contributed by atoms with Crippen molar-refractivity contribution in [2.45, 2.75) is 31.7 Å². The fourth-order valence-corrected chi connectivity index (χ4v) is 3.24. The molecule has 0 aromatic heterocycles. The number of esters is 1. The van der Waals surface area contributed by atoms with Gasteiger partial charge in [0.25, 0.3) is 0 Å². The lowest BCUT2D eigenvalue weighted by Gasteiger charge is -2.34. The Morgan fingerprint density at radius 1 is 1.35 bits per heavy atom. The van der Waals surface area contributed by atoms with Gasteiger partial charge in [-0.15, -0.1) is 0 Å². The normalized spacial score (nSPS) is 31.0. The first kappa shape index (κ1) is 13.5. The van der Waals surface area contributed by atoms with Gasteiger partial charge in [-0.2, -0.15) is 0 Å². The summed E-state index contributed by atoms with van der Waals surface area (Å²) in [6.45, 7) is 2.16. The summed E-state index contributed by atoms with van der Waals surface area (Å²) in [7, 11) is 1.70. The number of rotatable bonds is 6. The second kappa shape index (κ2) is 4.55. The molecule has 0 spiro atoms. The lowest BCUT2D eigenvalue weighted by atomic mass is 9.92. The summed E-state index contributed by atoms with van der Waals surface area (Å²) in [6, 6.07) is 0. The third-order valence-electron chi connectivity index (χ3n) is 4.72. The van der Waals surface area contributed by atoms with E-state index in [4.69, 9.17) is 4.74 Å². The molecule has 3 atom stereocenters. The van der Waals surface area contributed by atoms with E-state index in [1.54, 1.807) is 14.0 Å². The minimum Gasteiger partial charge on any atom is -0.465 e. The Hall–Kier alpha value is -1.43. The molecule has 0 radical (unpaired) electrons. The van der Waals surface area contributed by atoms with Crippen LogP contribution in [0.25, 0.3) is 0 Å². The maximum atomic E-state index is 12.3. The number of likely N-dealkylation sites (N-methyl/N-ethyl adjacent to an activating group) is 1. The Kier molecular flexibility index (Phi) is 3.08. The highest BCUT2D eigenvalue weighted by molar-refractivity contribution is 6.09. The Morgan fingerprint density at radius 3 is 2.40 bits per heavy atom. The van der Waals surface area contributed by atoms with Crippen LogP contribution >= 0.6 is 0 Å². The smallest absolute Gasteiger partial charge is 0.328 e. The molecule has 110 valence electrons. The molecular weight excluding hydrogens is 260 g/mol. The van der Waals surface area contributed by atoms with Crippen molar-refractivity contribution in [3.8, 4) is 0 Å². The van der Waals surface area contributed by atoms with Gasteiger partial charge in [0.15, 0.2) is 0 Å². The van der Waals surface area contributed by atoms with Crippen molar-refractivity contribution in [1.82, 2.24) is 10.2 Å². The first-order valence-electron chi connectivity index (χ1n) is 7.26. The summed E-state index contributed by atoms with van der Waals surface area (Å²) in [5.74, 6) is -0.707. The van der Waals surface area contributed by atoms with Gasteiger partial charge in [0.05, 0.1) is 25.0 Å². The van der Waals surface area contributed by atoms with E-state index >= 15 is 0 Å². The number of hydrogen-bond acceptors (Lipinski definition) is 5. The summed E-state index contributed by atoms with van der Waals surface area (Å²) in [6.07, 6.45) is 2.52. The molecule has 20 heavy (non-hydrogen) atoms. The van der Waals surface area contributed by atoms with Crippen LogP contribution < -0.4 is 5.32 Å². The van der Waals surface area contributed by atoms with Crippen LogP contribution in [-0.4, -0.2) is 48.4 Å². The van der Waals surface area contributed by atoms with Crippen LogP contribution in [0.3, 0.4) is 0 Å². The number of piperidine rings is 1. The second-order valence-corrected chi connectivity index (χ2v) is 5.93. The first-order valence-corrected chi connectivity index (χ1v) is 7.26. The van der Waals surface area contributed by atoms with E-state index < -0.39 is 5.54 Å². The molecule has 1 heterocycles. The van der Waals surface area contributed by atoms with Crippen LogP contribution in [0.1, 0.15) is 26.2 Å². The third kappa shape index (κ3) is 1.85. The van der Waals surface area contributed by atoms with Gasteiger partial charge in [0.2, 0.25) is 11.8 Å². The van der Waals surface area contributed by atoms with Crippen molar-refractivity contribution in [2.75, 3.05) is 20.2 Å². The van der Waals surface area contributed by atoms with Gasteiger partial charge in [-0.25, -0.2) is 4.79 Å². The van der Waals surface area contributed by atoms with Gasteiger partial charge in [0.1, 0.15) is 5.54 Å². The van der Waals surface area contributed by atoms with Gasteiger partial charge >= 0.3 is 5.97 Å². The largest absolute Gasteiger partial charge is 0.465 e. The number of nitrogens with one attached hydrogen (secondary N) is 1. The zero-order valence-corrected chi connectivity index (χ0v) is 11.8. The molecule has 2 aliphatic carbocycles. The SMILES string of the molecule is CCOC(=O)C(CN1C(=O)C2CC2C1=O)(NC)C1CC1. The van der Waals surface area contributed by atoms with E-state index in [-0.39, 0.29) is 42.1 Å². The van der Waals surface area contributed by atoms with Crippen LogP contribution in [0.4, 0.5) is 0 Å². The molecular formula is C14H20N2O4. The van der Waals surface area contributed by atoms with E-state index in [2.05, 4.69) is 5.32 Å². The highest BCUT2D eigenvalue weighted by atomic mass is 16.5. The average molecular weight is 280 g/mol. The van der Waals surface area contributed by atoms with Crippen LogP contribution in [0, 0.1) is 17.8 Å². The minimum atomic E-state index is -0.932. The van der Waals surface area contributed by atoms with E-state index in [9.17, 15) is 14.4 Å². The number of nitrogens with zero attached hydrogens (tertiary/aromatic N) is 1. The van der Waals surface area contributed by atoms with Crippen molar-refractivity contribution in [3.63, 3.8) is 0 Å². The number of hydrogen-bond donors (Lipinski definition) is 1. The highest BCUT2D eigenvalue weighted by Crippen LogP contribution is 2.49. The minimum absolute atomic E-state index is 0.109. The predicted molar refractivity (Wildman–Crippen MR) is 69.5 cm³/mol. The molecule has 1 aliphatic heterocycles. The Balaban J connectivity index is 1.81. The monoisotopic (exact) mass is 280 g/mol. The van der Waals surface area contributed by atoms with E-state index in [0.29, 0.717) is 13.0 Å². The summed E-state index contributed by atoms with van der Waals surface area (Å²) < 4.78 is 5.17. The number of fused-ring (bicyclic) bond motifs is 1. The molecule has 2 saturated carbocycles. The van der Waals surface area contributed by atoms with Gasteiger partial charge in [-0.1, -0.05) is 0 Å². The van der Waals surface area contributed by atoms with Crippen LogP contribution in [0.5, 0.6) is 0 Å². The Bertz CT molecular complexity index is 454. The average Bonchev–Trinajstić information content (AvgIpc) is 3.30. The number of imide groups is 1. The van der Waals surface area contributed by atoms with Gasteiger partial charge < -0.3 is 10.1 Å². The van der Waals surface area contributed by atoms with Crippen LogP contribution in [0.15, 0.2) is 0 Å². The maximum absolute atomic E-state index is 12.3. The maximum Gasteiger partial charge on any atom is 0.328 e. The van der Waals surface area contributed by atoms with Crippen molar-refractivity contribution in [2.24, 2.45) is 17.8 Å². The second-order valence-electron chi connectivity index (χ2n) is 5.93. The standard InChI is InChI=1S/C14H20N2O4/c1-3-20-13(19)14(15-2,8-4-5-8)7-16-11(17)9-6-10(9)12(16)18/h8-10,15H,3-7H2,1-2H3. The zero-order valence-electron chi connectivity index (χ0n) is 11.8. The molecule has 6 nitrogen and oxygen atoms in total. The summed E-state index contributed by atoms with van der Waals surface area (Å²) in [5.41, 5.74) is -0.932. The quantitative estimate of drug-likeness (QED) is 0.544. The molecule has 0 aromatic carbocycles. The van der Waals surface area contributed by atoms with Gasteiger partial charge in [0, 0.05) is 0 Å². The molecule has 3 unspecified atom stereocenters. The van der Waals surface area contributed by atoms with Gasteiger partial charge in [-0.05, 0) is 39.2 Å². The molecule has 3 aliphatic rings. The lowest BCUT2D eigenvalue weighted by Crippen LogP contribution is -2.61. The van der Waals surface area contributed by atoms with Crippen molar-refractivity contribution >= 4 is 17.8 Å². The summed E-state index contributed by atoms with van der Waals surface area (Å²) in [4.78, 5) is 37.8. The van der Waals surface area contributed by atoms with Crippen molar-refractivity contribution in [1.29, 1.82) is 0 Å². The molecule has 0 bridgehead atoms. The predicted octanol–water partition coefficient (Wildman–Crippen LogP) is -0.0774. The fraction of sp³-hybridized carbons (Fsp3) is 0.786. The molecule has 3 rings (SSSR count). The van der Waals surface area contributed by atoms with E-state index in [0.717, 1.165) is 12.8 Å². The molecule has 6 heteroatoms. The molecule has 0 aromatic rings. The number of carbonyl (C=O) groups is 3.